The van der Waals surface area contributed by atoms with E-state index in [4.69, 9.17) is 16.0 Å². The molecule has 2 aromatic rings. The minimum atomic E-state index is -0.0176. The van der Waals surface area contributed by atoms with Crippen LogP contribution in [0.2, 0.25) is 5.02 Å². The van der Waals surface area contributed by atoms with Gasteiger partial charge in [-0.05, 0) is 36.1 Å². The van der Waals surface area contributed by atoms with Crippen LogP contribution in [0.4, 0.5) is 0 Å². The third kappa shape index (κ3) is 2.84. The van der Waals surface area contributed by atoms with Crippen molar-refractivity contribution >= 4 is 28.4 Å². The highest BCUT2D eigenvalue weighted by molar-refractivity contribution is 6.31. The molecule has 0 unspecified atom stereocenters. The summed E-state index contributed by atoms with van der Waals surface area (Å²) in [5.74, 6) is 1.09. The number of fused-ring (bicyclic) bond motifs is 1. The fourth-order valence-corrected chi connectivity index (χ4v) is 2.86. The van der Waals surface area contributed by atoms with Crippen molar-refractivity contribution in [2.24, 2.45) is 17.8 Å². The molecular weight excluding hydrogens is 260 g/mol. The lowest BCUT2D eigenvalue weighted by atomic mass is 9.81. The lowest BCUT2D eigenvalue weighted by Crippen LogP contribution is -2.25. The van der Waals surface area contributed by atoms with Crippen LogP contribution in [-0.2, 0) is 0 Å². The lowest BCUT2D eigenvalue weighted by Gasteiger charge is -2.22. The van der Waals surface area contributed by atoms with Crippen molar-refractivity contribution in [1.29, 1.82) is 0 Å². The maximum atomic E-state index is 12.6. The molecule has 1 heterocycles. The number of halogens is 1. The largest absolute Gasteiger partial charge is 0.453 e. The Morgan fingerprint density at radius 3 is 2.32 bits per heavy atom. The van der Waals surface area contributed by atoms with Crippen molar-refractivity contribution in [3.8, 4) is 0 Å². The normalized spacial score (nSPS) is 12.0. The van der Waals surface area contributed by atoms with Crippen LogP contribution in [0.15, 0.2) is 28.7 Å². The van der Waals surface area contributed by atoms with Gasteiger partial charge in [-0.3, -0.25) is 4.79 Å². The Hall–Kier alpha value is -1.28. The van der Waals surface area contributed by atoms with Crippen LogP contribution in [0.5, 0.6) is 0 Å². The van der Waals surface area contributed by atoms with Crippen LogP contribution >= 0.6 is 11.6 Å². The molecule has 0 aliphatic carbocycles. The SMILES string of the molecule is CC(C)C(C(=O)c1cc2cc(Cl)ccc2o1)C(C)C. The topological polar surface area (TPSA) is 30.2 Å². The van der Waals surface area contributed by atoms with E-state index in [0.29, 0.717) is 28.2 Å². The Bertz CT molecular complexity index is 588. The summed E-state index contributed by atoms with van der Waals surface area (Å²) in [4.78, 5) is 12.6. The van der Waals surface area contributed by atoms with Gasteiger partial charge >= 0.3 is 0 Å². The van der Waals surface area contributed by atoms with Gasteiger partial charge in [0.05, 0.1) is 0 Å². The fourth-order valence-electron chi connectivity index (χ4n) is 2.68. The van der Waals surface area contributed by atoms with Crippen molar-refractivity contribution in [3.05, 3.63) is 35.0 Å². The molecule has 0 atom stereocenters. The van der Waals surface area contributed by atoms with E-state index in [1.165, 1.54) is 0 Å². The van der Waals surface area contributed by atoms with E-state index in [1.54, 1.807) is 18.2 Å². The zero-order valence-electron chi connectivity index (χ0n) is 11.7. The van der Waals surface area contributed by atoms with E-state index < -0.39 is 0 Å². The highest BCUT2D eigenvalue weighted by Crippen LogP contribution is 2.29. The van der Waals surface area contributed by atoms with Gasteiger partial charge in [0, 0.05) is 16.3 Å². The van der Waals surface area contributed by atoms with Gasteiger partial charge in [-0.2, -0.15) is 0 Å². The number of Topliss-reactive ketones (excluding diaryl/α,β-unsaturated/α-hetero) is 1. The summed E-state index contributed by atoms with van der Waals surface area (Å²) in [5, 5.41) is 1.53. The number of ketones is 1. The highest BCUT2D eigenvalue weighted by Gasteiger charge is 2.28. The molecule has 1 aromatic carbocycles. The molecule has 19 heavy (non-hydrogen) atoms. The first-order valence-corrected chi connectivity index (χ1v) is 7.01. The van der Waals surface area contributed by atoms with Gasteiger partial charge in [0.15, 0.2) is 5.76 Å². The molecule has 0 saturated heterocycles. The number of benzene rings is 1. The lowest BCUT2D eigenvalue weighted by molar-refractivity contribution is 0.0812. The molecule has 2 rings (SSSR count). The minimum absolute atomic E-state index is 0.0176. The number of furan rings is 1. The Balaban J connectivity index is 2.40. The molecule has 3 heteroatoms. The van der Waals surface area contributed by atoms with E-state index >= 15 is 0 Å². The maximum Gasteiger partial charge on any atom is 0.201 e. The van der Waals surface area contributed by atoms with Crippen molar-refractivity contribution < 1.29 is 9.21 Å². The Kier molecular flexibility index (Phi) is 4.00. The first-order chi connectivity index (χ1) is 8.90. The average molecular weight is 279 g/mol. The number of hydrogen-bond acceptors (Lipinski definition) is 2. The molecule has 2 nitrogen and oxygen atoms in total. The third-order valence-corrected chi connectivity index (χ3v) is 3.70. The summed E-state index contributed by atoms with van der Waals surface area (Å²) in [6.45, 7) is 8.29. The van der Waals surface area contributed by atoms with Gasteiger partial charge in [-0.1, -0.05) is 39.3 Å². The van der Waals surface area contributed by atoms with Gasteiger partial charge in [-0.25, -0.2) is 0 Å². The summed E-state index contributed by atoms with van der Waals surface area (Å²) in [5.41, 5.74) is 0.707. The predicted molar refractivity (Wildman–Crippen MR) is 78.7 cm³/mol. The second kappa shape index (κ2) is 5.38. The number of rotatable bonds is 4. The number of hydrogen-bond donors (Lipinski definition) is 0. The van der Waals surface area contributed by atoms with Crippen molar-refractivity contribution in [2.75, 3.05) is 0 Å². The van der Waals surface area contributed by atoms with Crippen molar-refractivity contribution in [3.63, 3.8) is 0 Å². The first kappa shape index (κ1) is 14.1. The molecule has 0 bridgehead atoms. The van der Waals surface area contributed by atoms with Crippen LogP contribution < -0.4 is 0 Å². The molecule has 1 aromatic heterocycles. The molecule has 0 fully saturated rings. The van der Waals surface area contributed by atoms with Crippen LogP contribution in [-0.4, -0.2) is 5.78 Å². The van der Waals surface area contributed by atoms with Crippen molar-refractivity contribution in [1.82, 2.24) is 0 Å². The monoisotopic (exact) mass is 278 g/mol. The maximum absolute atomic E-state index is 12.6. The Morgan fingerprint density at radius 2 is 1.74 bits per heavy atom. The van der Waals surface area contributed by atoms with Gasteiger partial charge in [0.1, 0.15) is 5.58 Å². The molecule has 102 valence electrons. The summed E-state index contributed by atoms with van der Waals surface area (Å²) >= 11 is 5.94. The Labute approximate surface area is 118 Å². The molecule has 0 amide bonds. The van der Waals surface area contributed by atoms with Gasteiger partial charge in [-0.15, -0.1) is 0 Å². The summed E-state index contributed by atoms with van der Waals surface area (Å²) in [7, 11) is 0. The van der Waals surface area contributed by atoms with E-state index in [2.05, 4.69) is 27.7 Å². The number of carbonyl (C=O) groups excluding carboxylic acids is 1. The zero-order valence-corrected chi connectivity index (χ0v) is 12.5. The average Bonchev–Trinajstić information content (AvgIpc) is 2.70. The molecular formula is C16H19ClO2. The van der Waals surface area contributed by atoms with Crippen LogP contribution in [0.25, 0.3) is 11.0 Å². The van der Waals surface area contributed by atoms with E-state index in [9.17, 15) is 4.79 Å². The summed E-state index contributed by atoms with van der Waals surface area (Å²) in [6.07, 6.45) is 0. The summed E-state index contributed by atoms with van der Waals surface area (Å²) in [6, 6.07) is 7.18. The van der Waals surface area contributed by atoms with Crippen molar-refractivity contribution in [2.45, 2.75) is 27.7 Å². The van der Waals surface area contributed by atoms with Gasteiger partial charge in [0.25, 0.3) is 0 Å². The predicted octanol–water partition coefficient (Wildman–Crippen LogP) is 5.20. The number of carbonyl (C=O) groups is 1. The molecule has 0 spiro atoms. The molecule has 0 radical (unpaired) electrons. The fraction of sp³-hybridized carbons (Fsp3) is 0.438. The summed E-state index contributed by atoms with van der Waals surface area (Å²) < 4.78 is 5.66. The second-order valence-corrected chi connectivity index (χ2v) is 6.11. The van der Waals surface area contributed by atoms with E-state index in [0.717, 1.165) is 5.39 Å². The van der Waals surface area contributed by atoms with Crippen LogP contribution in [0, 0.1) is 17.8 Å². The third-order valence-electron chi connectivity index (χ3n) is 3.46. The quantitative estimate of drug-likeness (QED) is 0.720. The van der Waals surface area contributed by atoms with E-state index in [-0.39, 0.29) is 11.7 Å². The van der Waals surface area contributed by atoms with Crippen LogP contribution in [0.1, 0.15) is 38.2 Å². The van der Waals surface area contributed by atoms with Gasteiger partial charge in [0.2, 0.25) is 5.78 Å². The zero-order chi connectivity index (χ0) is 14.2. The molecule has 0 saturated carbocycles. The second-order valence-electron chi connectivity index (χ2n) is 5.67. The van der Waals surface area contributed by atoms with Gasteiger partial charge < -0.3 is 4.42 Å². The smallest absolute Gasteiger partial charge is 0.201 e. The highest BCUT2D eigenvalue weighted by atomic mass is 35.5. The molecule has 0 aliphatic rings. The minimum Gasteiger partial charge on any atom is -0.453 e. The molecule has 0 N–H and O–H groups in total. The standard InChI is InChI=1S/C16H19ClO2/c1-9(2)15(10(3)4)16(18)14-8-11-7-12(17)5-6-13(11)19-14/h5-10,15H,1-4H3. The Morgan fingerprint density at radius 1 is 1.11 bits per heavy atom. The molecule has 0 aliphatic heterocycles. The van der Waals surface area contributed by atoms with Crippen LogP contribution in [0.3, 0.4) is 0 Å². The van der Waals surface area contributed by atoms with E-state index in [1.807, 2.05) is 6.07 Å². The first-order valence-electron chi connectivity index (χ1n) is 6.63.